The zero-order valence-electron chi connectivity index (χ0n) is 9.82. The molecule has 8 heteroatoms. The number of nitro benzene ring substituents is 1. The summed E-state index contributed by atoms with van der Waals surface area (Å²) in [4.78, 5) is 32.9. The lowest BCUT2D eigenvalue weighted by Crippen LogP contribution is -2.18. The van der Waals surface area contributed by atoms with Crippen molar-refractivity contribution in [3.8, 4) is 5.69 Å². The number of carboxylic acid groups (broad SMARTS) is 1. The van der Waals surface area contributed by atoms with Crippen LogP contribution in [0.3, 0.4) is 0 Å². The second-order valence-corrected chi connectivity index (χ2v) is 4.68. The fourth-order valence-electron chi connectivity index (χ4n) is 1.61. The lowest BCUT2D eigenvalue weighted by Gasteiger charge is -2.07. The Morgan fingerprint density at radius 3 is 2.60 bits per heavy atom. The highest BCUT2D eigenvalue weighted by atomic mass is 79.9. The minimum absolute atomic E-state index is 0.0878. The molecular weight excluding hydrogens is 332 g/mol. The van der Waals surface area contributed by atoms with Crippen LogP contribution in [0.15, 0.2) is 45.8 Å². The van der Waals surface area contributed by atoms with Crippen LogP contribution in [0.25, 0.3) is 5.69 Å². The summed E-state index contributed by atoms with van der Waals surface area (Å²) in [7, 11) is 0. The summed E-state index contributed by atoms with van der Waals surface area (Å²) in [5, 5.41) is 19.8. The molecule has 0 unspecified atom stereocenters. The van der Waals surface area contributed by atoms with Crippen molar-refractivity contribution in [2.24, 2.45) is 0 Å². The van der Waals surface area contributed by atoms with Crippen LogP contribution in [0, 0.1) is 10.1 Å². The molecule has 102 valence electrons. The van der Waals surface area contributed by atoms with Crippen molar-refractivity contribution in [1.29, 1.82) is 0 Å². The van der Waals surface area contributed by atoms with E-state index in [1.54, 1.807) is 0 Å². The molecule has 0 saturated carbocycles. The number of nitro groups is 1. The number of carbonyl (C=O) groups is 1. The molecule has 0 fully saturated rings. The molecule has 0 aliphatic heterocycles. The van der Waals surface area contributed by atoms with E-state index in [0.29, 0.717) is 0 Å². The second-order valence-electron chi connectivity index (χ2n) is 3.82. The summed E-state index contributed by atoms with van der Waals surface area (Å²) in [6.07, 6.45) is 1.12. The summed E-state index contributed by atoms with van der Waals surface area (Å²) < 4.78 is 1.32. The molecule has 2 rings (SSSR count). The van der Waals surface area contributed by atoms with E-state index >= 15 is 0 Å². The van der Waals surface area contributed by atoms with Gasteiger partial charge in [-0.3, -0.25) is 19.5 Å². The Kier molecular flexibility index (Phi) is 3.66. The predicted molar refractivity (Wildman–Crippen MR) is 73.4 cm³/mol. The Bertz CT molecular complexity index is 769. The first-order chi connectivity index (χ1) is 9.40. The van der Waals surface area contributed by atoms with Gasteiger partial charge >= 0.3 is 5.97 Å². The Labute approximate surface area is 120 Å². The summed E-state index contributed by atoms with van der Waals surface area (Å²) >= 11 is 3.04. The minimum atomic E-state index is -1.19. The van der Waals surface area contributed by atoms with Crippen LogP contribution in [-0.2, 0) is 0 Å². The molecule has 1 heterocycles. The lowest BCUT2D eigenvalue weighted by atomic mass is 10.2. The number of pyridine rings is 1. The molecule has 0 spiro atoms. The van der Waals surface area contributed by atoms with Crippen LogP contribution in [0.5, 0.6) is 0 Å². The van der Waals surface area contributed by atoms with Crippen LogP contribution >= 0.6 is 15.9 Å². The van der Waals surface area contributed by atoms with E-state index in [1.807, 2.05) is 0 Å². The van der Waals surface area contributed by atoms with Gasteiger partial charge in [0.05, 0.1) is 20.6 Å². The zero-order chi connectivity index (χ0) is 14.9. The predicted octanol–water partition coefficient (Wildman–Crippen LogP) is 2.21. The molecule has 2 aromatic rings. The van der Waals surface area contributed by atoms with E-state index in [2.05, 4.69) is 15.9 Å². The van der Waals surface area contributed by atoms with Crippen molar-refractivity contribution < 1.29 is 14.8 Å². The van der Waals surface area contributed by atoms with Gasteiger partial charge in [0, 0.05) is 18.3 Å². The fourth-order valence-corrected chi connectivity index (χ4v) is 2.00. The fraction of sp³-hybridized carbons (Fsp3) is 0. The van der Waals surface area contributed by atoms with Gasteiger partial charge < -0.3 is 5.11 Å². The minimum Gasteiger partial charge on any atom is -0.478 e. The van der Waals surface area contributed by atoms with E-state index in [0.717, 1.165) is 16.8 Å². The van der Waals surface area contributed by atoms with Gasteiger partial charge in [-0.1, -0.05) is 0 Å². The van der Waals surface area contributed by atoms with Crippen LogP contribution in [-0.4, -0.2) is 20.6 Å². The average molecular weight is 339 g/mol. The van der Waals surface area contributed by atoms with Gasteiger partial charge in [-0.25, -0.2) is 4.79 Å². The maximum Gasteiger partial charge on any atom is 0.337 e. The largest absolute Gasteiger partial charge is 0.478 e. The van der Waals surface area contributed by atoms with Crippen LogP contribution in [0.4, 0.5) is 5.69 Å². The molecular formula is C12H7BrN2O5. The van der Waals surface area contributed by atoms with Gasteiger partial charge in [-0.05, 0) is 34.1 Å². The Balaban J connectivity index is 2.65. The van der Waals surface area contributed by atoms with Crippen molar-refractivity contribution in [3.63, 3.8) is 0 Å². The Hall–Kier alpha value is -2.48. The summed E-state index contributed by atoms with van der Waals surface area (Å²) in [5.74, 6) is -1.19. The SMILES string of the molecule is O=C(O)c1ccc(=O)n(-c2ccc(Br)c([N+](=O)[O-])c2)c1. The van der Waals surface area contributed by atoms with Crippen molar-refractivity contribution in [2.75, 3.05) is 0 Å². The number of hydrogen-bond donors (Lipinski definition) is 1. The van der Waals surface area contributed by atoms with E-state index in [4.69, 9.17) is 5.11 Å². The van der Waals surface area contributed by atoms with Gasteiger partial charge in [0.2, 0.25) is 0 Å². The van der Waals surface area contributed by atoms with Crippen LogP contribution < -0.4 is 5.56 Å². The van der Waals surface area contributed by atoms with E-state index in [9.17, 15) is 19.7 Å². The molecule has 0 amide bonds. The van der Waals surface area contributed by atoms with Crippen molar-refractivity contribution in [3.05, 3.63) is 67.0 Å². The first-order valence-electron chi connectivity index (χ1n) is 5.30. The van der Waals surface area contributed by atoms with Crippen LogP contribution in [0.2, 0.25) is 0 Å². The second kappa shape index (κ2) is 5.25. The molecule has 1 aromatic heterocycles. The monoisotopic (exact) mass is 338 g/mol. The third-order valence-corrected chi connectivity index (χ3v) is 3.23. The topological polar surface area (TPSA) is 102 Å². The maximum absolute atomic E-state index is 11.7. The number of aromatic carboxylic acids is 1. The van der Waals surface area contributed by atoms with E-state index < -0.39 is 16.5 Å². The molecule has 0 atom stereocenters. The zero-order valence-corrected chi connectivity index (χ0v) is 11.4. The highest BCUT2D eigenvalue weighted by Crippen LogP contribution is 2.26. The van der Waals surface area contributed by atoms with Gasteiger partial charge in [0.15, 0.2) is 0 Å². The number of rotatable bonds is 3. The smallest absolute Gasteiger partial charge is 0.337 e. The molecule has 1 aromatic carbocycles. The van der Waals surface area contributed by atoms with Crippen molar-refractivity contribution in [1.82, 2.24) is 4.57 Å². The van der Waals surface area contributed by atoms with E-state index in [-0.39, 0.29) is 21.4 Å². The Morgan fingerprint density at radius 1 is 1.30 bits per heavy atom. The molecule has 0 bridgehead atoms. The third kappa shape index (κ3) is 2.59. The van der Waals surface area contributed by atoms with Gasteiger partial charge in [0.1, 0.15) is 0 Å². The Morgan fingerprint density at radius 2 is 2.00 bits per heavy atom. The molecule has 0 saturated heterocycles. The molecule has 20 heavy (non-hydrogen) atoms. The first kappa shape index (κ1) is 13.9. The standard InChI is InChI=1S/C12H7BrN2O5/c13-9-3-2-8(5-10(9)15(19)20)14-6-7(12(17)18)1-4-11(14)16/h1-6H,(H,17,18). The maximum atomic E-state index is 11.7. The highest BCUT2D eigenvalue weighted by Gasteiger charge is 2.14. The summed E-state index contributed by atoms with van der Waals surface area (Å²) in [5.41, 5.74) is -0.565. The number of nitrogens with zero attached hydrogens (tertiary/aromatic N) is 2. The number of carboxylic acids is 1. The van der Waals surface area contributed by atoms with E-state index in [1.165, 1.54) is 24.3 Å². The van der Waals surface area contributed by atoms with Gasteiger partial charge in [-0.2, -0.15) is 0 Å². The number of benzene rings is 1. The lowest BCUT2D eigenvalue weighted by molar-refractivity contribution is -0.385. The first-order valence-corrected chi connectivity index (χ1v) is 6.10. The van der Waals surface area contributed by atoms with Gasteiger partial charge in [-0.15, -0.1) is 0 Å². The molecule has 0 aliphatic carbocycles. The van der Waals surface area contributed by atoms with Crippen LogP contribution in [0.1, 0.15) is 10.4 Å². The number of halogens is 1. The highest BCUT2D eigenvalue weighted by molar-refractivity contribution is 9.10. The number of hydrogen-bond acceptors (Lipinski definition) is 4. The third-order valence-electron chi connectivity index (χ3n) is 2.56. The molecule has 0 aliphatic rings. The van der Waals surface area contributed by atoms with Crippen molar-refractivity contribution in [2.45, 2.75) is 0 Å². The average Bonchev–Trinajstić information content (AvgIpc) is 2.39. The molecule has 0 radical (unpaired) electrons. The van der Waals surface area contributed by atoms with Gasteiger partial charge in [0.25, 0.3) is 11.2 Å². The summed E-state index contributed by atoms with van der Waals surface area (Å²) in [6, 6.07) is 6.36. The quantitative estimate of drug-likeness (QED) is 0.682. The molecule has 7 nitrogen and oxygen atoms in total. The molecule has 1 N–H and O–H groups in total. The summed E-state index contributed by atoms with van der Waals surface area (Å²) in [6.45, 7) is 0. The normalized spacial score (nSPS) is 10.2. The number of aromatic nitrogens is 1. The van der Waals surface area contributed by atoms with Crippen molar-refractivity contribution >= 4 is 27.6 Å².